The molecule has 0 aliphatic carbocycles. The fourth-order valence-electron chi connectivity index (χ4n) is 6.16. The Labute approximate surface area is 203 Å². The first-order valence-electron chi connectivity index (χ1n) is 12.5. The van der Waals surface area contributed by atoms with E-state index < -0.39 is 11.6 Å². The molecule has 5 heterocycles. The fraction of sp³-hybridized carbons (Fsp3) is 0.846. The molecule has 8 nitrogen and oxygen atoms in total. The number of fused-ring (bicyclic) bond motifs is 10. The van der Waals surface area contributed by atoms with Gasteiger partial charge in [-0.15, -0.1) is 12.8 Å². The van der Waals surface area contributed by atoms with E-state index >= 15 is 0 Å². The summed E-state index contributed by atoms with van der Waals surface area (Å²) in [6, 6.07) is 0. The maximum absolute atomic E-state index is 6.52. The lowest BCUT2D eigenvalue weighted by Crippen LogP contribution is -2.42. The Balaban J connectivity index is 1.39. The van der Waals surface area contributed by atoms with Gasteiger partial charge in [-0.1, -0.05) is 11.8 Å². The second-order valence-corrected chi connectivity index (χ2v) is 11.0. The molecule has 34 heavy (non-hydrogen) atoms. The monoisotopic (exact) mass is 474 g/mol. The van der Waals surface area contributed by atoms with Crippen LogP contribution in [0.2, 0.25) is 0 Å². The molecule has 188 valence electrons. The van der Waals surface area contributed by atoms with Crippen LogP contribution in [0.25, 0.3) is 0 Å². The molecule has 0 aromatic carbocycles. The van der Waals surface area contributed by atoms with Crippen molar-refractivity contribution in [3.63, 3.8) is 0 Å². The maximum atomic E-state index is 6.52. The molecule has 0 saturated carbocycles. The first-order chi connectivity index (χ1) is 16.2. The van der Waals surface area contributed by atoms with Crippen molar-refractivity contribution in [3.05, 3.63) is 0 Å². The van der Waals surface area contributed by atoms with Gasteiger partial charge in [0.25, 0.3) is 0 Å². The largest absolute Gasteiger partial charge is 0.368 e. The third-order valence-corrected chi connectivity index (χ3v) is 7.46. The summed E-state index contributed by atoms with van der Waals surface area (Å²) in [5.74, 6) is 4.36. The van der Waals surface area contributed by atoms with Crippen LogP contribution < -0.4 is 0 Å². The lowest BCUT2D eigenvalue weighted by Gasteiger charge is -2.31. The van der Waals surface area contributed by atoms with E-state index in [0.717, 1.165) is 25.9 Å². The van der Waals surface area contributed by atoms with Crippen molar-refractivity contribution in [2.24, 2.45) is 0 Å². The molecule has 0 aromatic rings. The predicted molar refractivity (Wildman–Crippen MR) is 125 cm³/mol. The molecule has 0 unspecified atom stereocenters. The second kappa shape index (κ2) is 9.35. The van der Waals surface area contributed by atoms with E-state index in [-0.39, 0.29) is 48.8 Å². The summed E-state index contributed by atoms with van der Waals surface area (Å²) in [5, 5.41) is 0. The zero-order chi connectivity index (χ0) is 24.1. The quantitative estimate of drug-likeness (QED) is 0.554. The van der Waals surface area contributed by atoms with Crippen molar-refractivity contribution in [3.8, 4) is 24.7 Å². The molecule has 0 aromatic heterocycles. The van der Waals surface area contributed by atoms with Crippen molar-refractivity contribution in [1.29, 1.82) is 0 Å². The molecule has 5 aliphatic rings. The van der Waals surface area contributed by atoms with Crippen molar-refractivity contribution in [1.82, 2.24) is 9.80 Å². The summed E-state index contributed by atoms with van der Waals surface area (Å²) in [6.45, 7) is 11.9. The van der Waals surface area contributed by atoms with E-state index in [2.05, 4.69) is 21.6 Å². The van der Waals surface area contributed by atoms with Gasteiger partial charge in [0, 0.05) is 26.2 Å². The average Bonchev–Trinajstić information content (AvgIpc) is 3.43. The Morgan fingerprint density at radius 3 is 1.35 bits per heavy atom. The molecule has 0 amide bonds. The third kappa shape index (κ3) is 4.89. The van der Waals surface area contributed by atoms with Crippen LogP contribution in [0.1, 0.15) is 40.5 Å². The topological polar surface area (TPSA) is 61.9 Å². The van der Waals surface area contributed by atoms with Gasteiger partial charge in [-0.2, -0.15) is 0 Å². The van der Waals surface area contributed by atoms with E-state index in [1.54, 1.807) is 0 Å². The van der Waals surface area contributed by atoms with Crippen molar-refractivity contribution < 1.29 is 28.4 Å². The van der Waals surface area contributed by atoms with Gasteiger partial charge in [-0.05, 0) is 40.5 Å². The van der Waals surface area contributed by atoms with Gasteiger partial charge in [0.2, 0.25) is 0 Å². The number of ether oxygens (including phenoxy) is 6. The number of hydrogen-bond donors (Lipinski definition) is 0. The summed E-state index contributed by atoms with van der Waals surface area (Å²) < 4.78 is 38.2. The van der Waals surface area contributed by atoms with Gasteiger partial charge in [0.05, 0.1) is 37.5 Å². The van der Waals surface area contributed by atoms with Crippen LogP contribution >= 0.6 is 0 Å². The molecule has 5 saturated heterocycles. The molecular formula is C26H38N2O6. The first-order valence-corrected chi connectivity index (χ1v) is 12.5. The summed E-state index contributed by atoms with van der Waals surface area (Å²) in [6.07, 6.45) is 12.2. The highest BCUT2D eigenvalue weighted by atomic mass is 16.8. The highest BCUT2D eigenvalue weighted by Gasteiger charge is 2.57. The molecule has 0 radical (unpaired) electrons. The fourth-order valence-corrected chi connectivity index (χ4v) is 6.16. The molecule has 5 fully saturated rings. The summed E-state index contributed by atoms with van der Waals surface area (Å²) in [5.41, 5.74) is 0. The Morgan fingerprint density at radius 1 is 0.647 bits per heavy atom. The average molecular weight is 475 g/mol. The summed E-state index contributed by atoms with van der Waals surface area (Å²) >= 11 is 0. The Kier molecular flexibility index (Phi) is 6.74. The highest BCUT2D eigenvalue weighted by Crippen LogP contribution is 2.42. The normalized spacial score (nSPS) is 44.1. The van der Waals surface area contributed by atoms with Gasteiger partial charge in [0.15, 0.2) is 11.6 Å². The molecular weight excluding hydrogens is 436 g/mol. The first kappa shape index (κ1) is 24.5. The van der Waals surface area contributed by atoms with Crippen LogP contribution in [-0.2, 0) is 28.4 Å². The van der Waals surface area contributed by atoms with Crippen LogP contribution in [0, 0.1) is 24.7 Å². The second-order valence-electron chi connectivity index (χ2n) is 11.0. The van der Waals surface area contributed by atoms with Gasteiger partial charge in [0.1, 0.15) is 24.4 Å². The third-order valence-electron chi connectivity index (χ3n) is 7.46. The van der Waals surface area contributed by atoms with Gasteiger partial charge < -0.3 is 28.4 Å². The van der Waals surface area contributed by atoms with E-state index in [0.29, 0.717) is 26.2 Å². The van der Waals surface area contributed by atoms with E-state index in [4.69, 9.17) is 41.3 Å². The highest BCUT2D eigenvalue weighted by molar-refractivity contribution is 5.03. The van der Waals surface area contributed by atoms with Crippen LogP contribution in [0.5, 0.6) is 0 Å². The Bertz CT molecular complexity index is 766. The zero-order valence-corrected chi connectivity index (χ0v) is 20.8. The minimum absolute atomic E-state index is 0.0670. The molecule has 4 bridgehead atoms. The SMILES string of the molecule is C#CCN1CC[C@H]2O[C@H](CN(CC#C)CC[C@H]3O[C@H](C1)[C@H]1OC(C)(C)O[C@H]13)[C@H]1OC(C)(C)O[C@H]12. The van der Waals surface area contributed by atoms with E-state index in [1.165, 1.54) is 0 Å². The number of terminal acetylenes is 2. The molecule has 5 aliphatic heterocycles. The maximum Gasteiger partial charge on any atom is 0.164 e. The van der Waals surface area contributed by atoms with Crippen molar-refractivity contribution >= 4 is 0 Å². The van der Waals surface area contributed by atoms with Crippen LogP contribution in [0.4, 0.5) is 0 Å². The lowest BCUT2D eigenvalue weighted by molar-refractivity contribution is -0.193. The van der Waals surface area contributed by atoms with E-state index in [1.807, 2.05) is 27.7 Å². The van der Waals surface area contributed by atoms with Crippen LogP contribution in [0.3, 0.4) is 0 Å². The summed E-state index contributed by atoms with van der Waals surface area (Å²) in [4.78, 5) is 4.50. The van der Waals surface area contributed by atoms with Crippen LogP contribution in [0.15, 0.2) is 0 Å². The smallest absolute Gasteiger partial charge is 0.164 e. The standard InChI is InChI=1S/C26H38N2O6/c1-7-11-27-13-9-17-21-24(34-26(5,6)31-21)20(30-17)16-28(12-8-2)14-10-18-22-23(19(15-27)29-18)33-25(3,4)32-22/h1-2,17-24H,9-16H2,3-6H3/t17-,18-,19-,20-,21+,22+,23-,24-/m1/s1. The minimum atomic E-state index is -0.623. The molecule has 0 spiro atoms. The summed E-state index contributed by atoms with van der Waals surface area (Å²) in [7, 11) is 0. The van der Waals surface area contributed by atoms with Gasteiger partial charge in [-0.3, -0.25) is 9.80 Å². The molecule has 0 N–H and O–H groups in total. The molecule has 8 heteroatoms. The molecule has 8 atom stereocenters. The van der Waals surface area contributed by atoms with Gasteiger partial charge >= 0.3 is 0 Å². The van der Waals surface area contributed by atoms with Crippen molar-refractivity contribution in [2.75, 3.05) is 39.3 Å². The number of rotatable bonds is 2. The lowest BCUT2D eigenvalue weighted by atomic mass is 10.0. The number of nitrogens with zero attached hydrogens (tertiary/aromatic N) is 2. The van der Waals surface area contributed by atoms with Crippen LogP contribution in [-0.4, -0.2) is 109 Å². The zero-order valence-electron chi connectivity index (χ0n) is 20.8. The Morgan fingerprint density at radius 2 is 1.00 bits per heavy atom. The predicted octanol–water partition coefficient (Wildman–Crippen LogP) is 1.23. The minimum Gasteiger partial charge on any atom is -0.368 e. The Hall–Kier alpha value is -1.20. The van der Waals surface area contributed by atoms with Gasteiger partial charge in [-0.25, -0.2) is 0 Å². The van der Waals surface area contributed by atoms with E-state index in [9.17, 15) is 0 Å². The molecule has 5 rings (SSSR count). The number of hydrogen-bond acceptors (Lipinski definition) is 8. The van der Waals surface area contributed by atoms with Crippen molar-refractivity contribution in [2.45, 2.75) is 101 Å².